The van der Waals surface area contributed by atoms with Gasteiger partial charge in [-0.3, -0.25) is 14.5 Å². The predicted octanol–water partition coefficient (Wildman–Crippen LogP) is 3.30. The van der Waals surface area contributed by atoms with Crippen LogP contribution in [0.3, 0.4) is 0 Å². The first-order chi connectivity index (χ1) is 12.8. The molecule has 4 amide bonds. The van der Waals surface area contributed by atoms with E-state index >= 15 is 0 Å². The Hall–Kier alpha value is -2.15. The van der Waals surface area contributed by atoms with Crippen molar-refractivity contribution in [3.63, 3.8) is 0 Å². The van der Waals surface area contributed by atoms with Crippen LogP contribution in [0.2, 0.25) is 5.02 Å². The van der Waals surface area contributed by atoms with E-state index in [1.807, 2.05) is 0 Å². The number of urea groups is 1. The van der Waals surface area contributed by atoms with Crippen molar-refractivity contribution >= 4 is 29.4 Å². The number of carbonyl (C=O) groups excluding carboxylic acids is 3. The lowest BCUT2D eigenvalue weighted by Crippen LogP contribution is -2.44. The van der Waals surface area contributed by atoms with Crippen LogP contribution in [0.1, 0.15) is 57.1 Å². The third kappa shape index (κ3) is 4.08. The highest BCUT2D eigenvalue weighted by molar-refractivity contribution is 6.31. The number of amides is 4. The zero-order valence-electron chi connectivity index (χ0n) is 15.2. The van der Waals surface area contributed by atoms with Gasteiger partial charge in [0.1, 0.15) is 11.4 Å². The van der Waals surface area contributed by atoms with Crippen molar-refractivity contribution < 1.29 is 18.8 Å². The molecule has 3 rings (SSSR count). The Kier molecular flexibility index (Phi) is 5.69. The van der Waals surface area contributed by atoms with Crippen LogP contribution in [0.25, 0.3) is 0 Å². The van der Waals surface area contributed by atoms with Gasteiger partial charge in [-0.05, 0) is 43.9 Å². The fourth-order valence-corrected chi connectivity index (χ4v) is 4.17. The minimum Gasteiger partial charge on any atom is -0.350 e. The number of hydrogen-bond acceptors (Lipinski definition) is 3. The molecule has 1 saturated carbocycles. The molecule has 1 heterocycles. The van der Waals surface area contributed by atoms with E-state index in [0.717, 1.165) is 12.8 Å². The number of imide groups is 1. The minimum atomic E-state index is -0.715. The van der Waals surface area contributed by atoms with Crippen LogP contribution in [0.4, 0.5) is 9.18 Å². The van der Waals surface area contributed by atoms with E-state index in [1.54, 1.807) is 6.92 Å². The summed E-state index contributed by atoms with van der Waals surface area (Å²) in [5, 5.41) is 5.88. The van der Waals surface area contributed by atoms with Crippen molar-refractivity contribution in [3.8, 4) is 0 Å². The van der Waals surface area contributed by atoms with E-state index in [0.29, 0.717) is 24.8 Å². The molecule has 0 aromatic heterocycles. The largest absolute Gasteiger partial charge is 0.350 e. The summed E-state index contributed by atoms with van der Waals surface area (Å²) in [6.07, 6.45) is 3.80. The summed E-state index contributed by atoms with van der Waals surface area (Å²) in [5.74, 6) is -0.821. The number of nitrogens with one attached hydrogen (secondary N) is 2. The molecule has 6 nitrogen and oxygen atoms in total. The number of carbonyl (C=O) groups is 3. The second-order valence-electron chi connectivity index (χ2n) is 7.23. The Morgan fingerprint density at radius 3 is 2.74 bits per heavy atom. The monoisotopic (exact) mass is 395 g/mol. The molecule has 2 fully saturated rings. The highest BCUT2D eigenvalue weighted by atomic mass is 35.5. The second kappa shape index (κ2) is 7.84. The lowest BCUT2D eigenvalue weighted by atomic mass is 9.98. The van der Waals surface area contributed by atoms with E-state index in [2.05, 4.69) is 10.6 Å². The smallest absolute Gasteiger partial charge is 0.325 e. The Morgan fingerprint density at radius 2 is 2.07 bits per heavy atom. The van der Waals surface area contributed by atoms with Gasteiger partial charge in [0.05, 0.1) is 6.04 Å². The zero-order valence-corrected chi connectivity index (χ0v) is 15.9. The summed E-state index contributed by atoms with van der Waals surface area (Å²) in [4.78, 5) is 38.0. The van der Waals surface area contributed by atoms with Crippen molar-refractivity contribution in [2.45, 2.75) is 57.0 Å². The maximum absolute atomic E-state index is 13.1. The van der Waals surface area contributed by atoms with E-state index in [4.69, 9.17) is 11.6 Å². The average Bonchev–Trinajstić information content (AvgIpc) is 3.15. The standard InChI is InChI=1S/C19H23ClFN3O3/c1-12(14-7-6-13(21)11-15(14)20)22-16(25)5-4-10-24-17(26)19(23-18(24)27)8-2-3-9-19/h6-7,11-12H,2-5,8-10H2,1H3,(H,22,25)(H,23,27). The third-order valence-electron chi connectivity index (χ3n) is 5.30. The Morgan fingerprint density at radius 1 is 1.37 bits per heavy atom. The molecule has 0 bridgehead atoms. The summed E-state index contributed by atoms with van der Waals surface area (Å²) in [6, 6.07) is 3.30. The summed E-state index contributed by atoms with van der Waals surface area (Å²) >= 11 is 6.01. The van der Waals surface area contributed by atoms with Crippen LogP contribution in [-0.2, 0) is 9.59 Å². The summed E-state index contributed by atoms with van der Waals surface area (Å²) < 4.78 is 13.1. The molecular formula is C19H23ClFN3O3. The van der Waals surface area contributed by atoms with Crippen molar-refractivity contribution in [3.05, 3.63) is 34.6 Å². The fraction of sp³-hybridized carbons (Fsp3) is 0.526. The maximum atomic E-state index is 13.1. The molecule has 146 valence electrons. The van der Waals surface area contributed by atoms with E-state index < -0.39 is 11.4 Å². The van der Waals surface area contributed by atoms with Gasteiger partial charge in [-0.1, -0.05) is 30.5 Å². The molecule has 1 spiro atoms. The number of hydrogen-bond donors (Lipinski definition) is 2. The molecule has 1 aliphatic heterocycles. The van der Waals surface area contributed by atoms with Crippen LogP contribution >= 0.6 is 11.6 Å². The Balaban J connectivity index is 1.48. The van der Waals surface area contributed by atoms with Crippen molar-refractivity contribution in [2.24, 2.45) is 0 Å². The second-order valence-corrected chi connectivity index (χ2v) is 7.64. The first kappa shape index (κ1) is 19.6. The first-order valence-electron chi connectivity index (χ1n) is 9.21. The topological polar surface area (TPSA) is 78.5 Å². The SMILES string of the molecule is CC(NC(=O)CCCN1C(=O)NC2(CCCC2)C1=O)c1ccc(F)cc1Cl. The zero-order chi connectivity index (χ0) is 19.6. The summed E-state index contributed by atoms with van der Waals surface area (Å²) in [5.41, 5.74) is -0.0867. The normalized spacial score (nSPS) is 19.4. The lowest BCUT2D eigenvalue weighted by molar-refractivity contribution is -0.131. The van der Waals surface area contributed by atoms with Gasteiger partial charge in [0.2, 0.25) is 5.91 Å². The molecule has 1 atom stereocenters. The van der Waals surface area contributed by atoms with E-state index in [9.17, 15) is 18.8 Å². The molecule has 1 aliphatic carbocycles. The van der Waals surface area contributed by atoms with Gasteiger partial charge >= 0.3 is 6.03 Å². The molecule has 1 aromatic rings. The summed E-state index contributed by atoms with van der Waals surface area (Å²) in [6.45, 7) is 1.98. The number of benzene rings is 1. The van der Waals surface area contributed by atoms with Crippen LogP contribution in [0, 0.1) is 5.82 Å². The number of halogens is 2. The summed E-state index contributed by atoms with van der Waals surface area (Å²) in [7, 11) is 0. The third-order valence-corrected chi connectivity index (χ3v) is 5.62. The van der Waals surface area contributed by atoms with Gasteiger partial charge in [0.15, 0.2) is 0 Å². The lowest BCUT2D eigenvalue weighted by Gasteiger charge is -2.20. The van der Waals surface area contributed by atoms with Gasteiger partial charge in [-0.2, -0.15) is 0 Å². The van der Waals surface area contributed by atoms with Gasteiger partial charge in [-0.25, -0.2) is 9.18 Å². The Bertz CT molecular complexity index is 765. The van der Waals surface area contributed by atoms with Gasteiger partial charge in [0, 0.05) is 18.0 Å². The molecule has 1 unspecified atom stereocenters. The molecule has 2 N–H and O–H groups in total. The molecule has 27 heavy (non-hydrogen) atoms. The first-order valence-corrected chi connectivity index (χ1v) is 9.59. The molecule has 2 aliphatic rings. The highest BCUT2D eigenvalue weighted by Gasteiger charge is 2.52. The van der Waals surface area contributed by atoms with Gasteiger partial charge in [-0.15, -0.1) is 0 Å². The maximum Gasteiger partial charge on any atom is 0.325 e. The molecule has 1 saturated heterocycles. The number of nitrogens with zero attached hydrogens (tertiary/aromatic N) is 1. The van der Waals surface area contributed by atoms with Crippen molar-refractivity contribution in [1.29, 1.82) is 0 Å². The van der Waals surface area contributed by atoms with Crippen LogP contribution in [0.5, 0.6) is 0 Å². The minimum absolute atomic E-state index is 0.170. The van der Waals surface area contributed by atoms with Crippen LogP contribution in [-0.4, -0.2) is 34.8 Å². The van der Waals surface area contributed by atoms with E-state index in [1.165, 1.54) is 23.1 Å². The highest BCUT2D eigenvalue weighted by Crippen LogP contribution is 2.35. The Labute approximate surface area is 162 Å². The average molecular weight is 396 g/mol. The van der Waals surface area contributed by atoms with Crippen molar-refractivity contribution in [2.75, 3.05) is 6.54 Å². The van der Waals surface area contributed by atoms with Crippen molar-refractivity contribution in [1.82, 2.24) is 15.5 Å². The fourth-order valence-electron chi connectivity index (χ4n) is 3.84. The molecular weight excluding hydrogens is 373 g/mol. The van der Waals surface area contributed by atoms with Gasteiger partial charge in [0.25, 0.3) is 5.91 Å². The van der Waals surface area contributed by atoms with Crippen LogP contribution < -0.4 is 10.6 Å². The van der Waals surface area contributed by atoms with Gasteiger partial charge < -0.3 is 10.6 Å². The molecule has 8 heteroatoms. The molecule has 1 aromatic carbocycles. The number of rotatable bonds is 6. The predicted molar refractivity (Wildman–Crippen MR) is 98.6 cm³/mol. The molecule has 0 radical (unpaired) electrons. The van der Waals surface area contributed by atoms with E-state index in [-0.39, 0.29) is 41.9 Å². The quantitative estimate of drug-likeness (QED) is 0.725. The van der Waals surface area contributed by atoms with Crippen LogP contribution in [0.15, 0.2) is 18.2 Å².